The molecule has 4 aromatic rings. The van der Waals surface area contributed by atoms with Crippen LogP contribution in [0.1, 0.15) is 59.4 Å². The number of benzene rings is 3. The quantitative estimate of drug-likeness (QED) is 0.269. The second kappa shape index (κ2) is 10.1. The summed E-state index contributed by atoms with van der Waals surface area (Å²) < 4.78 is 6.75. The van der Waals surface area contributed by atoms with Gasteiger partial charge in [-0.2, -0.15) is 0 Å². The number of nitrogens with zero attached hydrogens (tertiary/aromatic N) is 1. The summed E-state index contributed by atoms with van der Waals surface area (Å²) in [6.07, 6.45) is 0.703. The molecule has 0 bridgehead atoms. The van der Waals surface area contributed by atoms with Crippen LogP contribution in [0.3, 0.4) is 0 Å². The number of Topliss-reactive ketones (excluding diaryl/α,β-unsaturated/α-hetero) is 1. The van der Waals surface area contributed by atoms with E-state index in [0.29, 0.717) is 12.0 Å². The molecule has 0 aliphatic heterocycles. The number of carbonyl (C=O) groups excluding carboxylic acids is 1. The van der Waals surface area contributed by atoms with E-state index in [0.717, 1.165) is 32.6 Å². The third-order valence-corrected chi connectivity index (χ3v) is 6.58. The summed E-state index contributed by atoms with van der Waals surface area (Å²) in [6, 6.07) is 26.1. The Morgan fingerprint density at radius 2 is 1.62 bits per heavy atom. The topological polar surface area (TPSA) is 63.3 Å². The number of halogens is 1. The summed E-state index contributed by atoms with van der Waals surface area (Å²) in [4.78, 5) is 11.8. The first-order valence-corrected chi connectivity index (χ1v) is 12.1. The van der Waals surface area contributed by atoms with E-state index in [1.165, 1.54) is 5.56 Å². The van der Waals surface area contributed by atoms with E-state index in [1.807, 2.05) is 42.5 Å². The van der Waals surface area contributed by atoms with Crippen molar-refractivity contribution in [2.24, 2.45) is 0 Å². The Hall–Kier alpha value is -3.02. The van der Waals surface area contributed by atoms with Gasteiger partial charge in [0.15, 0.2) is 11.5 Å². The van der Waals surface area contributed by atoms with Crippen LogP contribution in [-0.4, -0.2) is 22.7 Å². The number of hydrogen-bond acceptors (Lipinski definition) is 4. The van der Waals surface area contributed by atoms with Crippen molar-refractivity contribution in [3.63, 3.8) is 0 Å². The zero-order chi connectivity index (χ0) is 24.3. The summed E-state index contributed by atoms with van der Waals surface area (Å²) in [6.45, 7) is 6.13. The first-order chi connectivity index (χ1) is 16.2. The van der Waals surface area contributed by atoms with Crippen molar-refractivity contribution in [3.8, 4) is 11.3 Å². The molecule has 0 fully saturated rings. The molecule has 0 saturated heterocycles. The maximum Gasteiger partial charge on any atom is 0.188 e. The average Bonchev–Trinajstić information content (AvgIpc) is 3.32. The largest absolute Gasteiger partial charge is 0.388 e. The first kappa shape index (κ1) is 24.1. The van der Waals surface area contributed by atoms with Gasteiger partial charge in [-0.25, -0.2) is 0 Å². The third kappa shape index (κ3) is 5.54. The lowest BCUT2D eigenvalue weighted by Gasteiger charge is -2.21. The minimum Gasteiger partial charge on any atom is -0.388 e. The SMILES string of the molecule is CC(C)(C)c1ccc(C(Cc2ccc(C(=O)CO)cc2)c2cc(-c3ccc(Br)cc3)on2)cc1. The summed E-state index contributed by atoms with van der Waals surface area (Å²) in [5.74, 6) is 0.431. The highest BCUT2D eigenvalue weighted by Gasteiger charge is 2.22. The van der Waals surface area contributed by atoms with E-state index in [1.54, 1.807) is 12.1 Å². The van der Waals surface area contributed by atoms with Crippen LogP contribution in [0.4, 0.5) is 0 Å². The molecule has 1 atom stereocenters. The molecule has 1 heterocycles. The Morgan fingerprint density at radius 3 is 2.21 bits per heavy atom. The number of carbonyl (C=O) groups is 1. The molecule has 0 aliphatic carbocycles. The fourth-order valence-corrected chi connectivity index (χ4v) is 4.23. The average molecular weight is 518 g/mol. The van der Waals surface area contributed by atoms with Gasteiger partial charge in [0.1, 0.15) is 6.61 Å². The van der Waals surface area contributed by atoms with Gasteiger partial charge in [-0.15, -0.1) is 0 Å². The molecule has 3 aromatic carbocycles. The summed E-state index contributed by atoms with van der Waals surface area (Å²) >= 11 is 3.47. The number of aromatic nitrogens is 1. The molecule has 1 unspecified atom stereocenters. The molecule has 34 heavy (non-hydrogen) atoms. The van der Waals surface area contributed by atoms with Gasteiger partial charge in [-0.1, -0.05) is 103 Å². The van der Waals surface area contributed by atoms with Crippen LogP contribution in [0.15, 0.2) is 87.9 Å². The van der Waals surface area contributed by atoms with E-state index in [9.17, 15) is 4.79 Å². The third-order valence-electron chi connectivity index (χ3n) is 6.05. The van der Waals surface area contributed by atoms with Crippen LogP contribution in [0.5, 0.6) is 0 Å². The van der Waals surface area contributed by atoms with Crippen LogP contribution in [0.25, 0.3) is 11.3 Å². The van der Waals surface area contributed by atoms with Crippen molar-refractivity contribution in [1.82, 2.24) is 5.16 Å². The standard InChI is InChI=1S/C29H28BrNO3/c1-29(2,3)23-12-8-20(9-13-23)25(16-19-4-6-21(7-5-19)27(33)18-32)26-17-28(34-31-26)22-10-14-24(30)15-11-22/h4-15,17,25,32H,16,18H2,1-3H3. The monoisotopic (exact) mass is 517 g/mol. The van der Waals surface area contributed by atoms with Gasteiger partial charge in [0.25, 0.3) is 0 Å². The smallest absolute Gasteiger partial charge is 0.188 e. The van der Waals surface area contributed by atoms with E-state index in [-0.39, 0.29) is 17.1 Å². The Bertz CT molecular complexity index is 1250. The van der Waals surface area contributed by atoms with Crippen molar-refractivity contribution in [2.45, 2.75) is 38.5 Å². The summed E-state index contributed by atoms with van der Waals surface area (Å²) in [5, 5.41) is 13.6. The number of rotatable bonds is 7. The Balaban J connectivity index is 1.68. The van der Waals surface area contributed by atoms with Crippen LogP contribution < -0.4 is 0 Å². The van der Waals surface area contributed by atoms with Gasteiger partial charge in [0.05, 0.1) is 5.69 Å². The van der Waals surface area contributed by atoms with Crippen LogP contribution in [0.2, 0.25) is 0 Å². The molecule has 0 saturated carbocycles. The highest BCUT2D eigenvalue weighted by atomic mass is 79.9. The molecule has 1 aromatic heterocycles. The number of ketones is 1. The number of aliphatic hydroxyl groups excluding tert-OH is 1. The van der Waals surface area contributed by atoms with Gasteiger partial charge < -0.3 is 9.63 Å². The van der Waals surface area contributed by atoms with Gasteiger partial charge >= 0.3 is 0 Å². The maximum absolute atomic E-state index is 11.8. The van der Waals surface area contributed by atoms with Crippen molar-refractivity contribution < 1.29 is 14.4 Å². The van der Waals surface area contributed by atoms with Crippen molar-refractivity contribution >= 4 is 21.7 Å². The molecule has 4 rings (SSSR count). The molecule has 4 nitrogen and oxygen atoms in total. The van der Waals surface area contributed by atoms with E-state index >= 15 is 0 Å². The number of aliphatic hydroxyl groups is 1. The second-order valence-corrected chi connectivity index (χ2v) is 10.4. The molecule has 0 amide bonds. The fraction of sp³-hybridized carbons (Fsp3) is 0.241. The zero-order valence-electron chi connectivity index (χ0n) is 19.6. The van der Waals surface area contributed by atoms with Crippen LogP contribution >= 0.6 is 15.9 Å². The van der Waals surface area contributed by atoms with Crippen molar-refractivity contribution in [1.29, 1.82) is 0 Å². The van der Waals surface area contributed by atoms with Gasteiger partial charge in [0.2, 0.25) is 0 Å². The molecular weight excluding hydrogens is 490 g/mol. The Morgan fingerprint density at radius 1 is 0.971 bits per heavy atom. The predicted octanol–water partition coefficient (Wildman–Crippen LogP) is 6.95. The van der Waals surface area contributed by atoms with E-state index in [4.69, 9.17) is 9.63 Å². The zero-order valence-corrected chi connectivity index (χ0v) is 21.2. The fourth-order valence-electron chi connectivity index (χ4n) is 3.97. The van der Waals surface area contributed by atoms with E-state index < -0.39 is 6.61 Å². The van der Waals surface area contributed by atoms with Gasteiger partial charge in [0, 0.05) is 27.6 Å². The normalized spacial score (nSPS) is 12.5. The molecule has 0 aliphatic rings. The summed E-state index contributed by atoms with van der Waals surface area (Å²) in [7, 11) is 0. The van der Waals surface area contributed by atoms with Gasteiger partial charge in [-0.3, -0.25) is 4.79 Å². The Labute approximate surface area is 208 Å². The lowest BCUT2D eigenvalue weighted by atomic mass is 9.83. The highest BCUT2D eigenvalue weighted by molar-refractivity contribution is 9.10. The van der Waals surface area contributed by atoms with Gasteiger partial charge in [-0.05, 0) is 40.7 Å². The van der Waals surface area contributed by atoms with Crippen LogP contribution in [0, 0.1) is 0 Å². The molecule has 0 spiro atoms. The molecule has 1 N–H and O–H groups in total. The minimum absolute atomic E-state index is 0.0126. The molecule has 0 radical (unpaired) electrons. The molecular formula is C29H28BrNO3. The van der Waals surface area contributed by atoms with Crippen molar-refractivity contribution in [2.75, 3.05) is 6.61 Å². The number of hydrogen-bond donors (Lipinski definition) is 1. The second-order valence-electron chi connectivity index (χ2n) is 9.53. The lowest BCUT2D eigenvalue weighted by molar-refractivity contribution is 0.0903. The molecule has 5 heteroatoms. The summed E-state index contributed by atoms with van der Waals surface area (Å²) in [5.41, 5.74) is 5.92. The Kier molecular flexibility index (Phi) is 7.15. The minimum atomic E-state index is -0.486. The van der Waals surface area contributed by atoms with E-state index in [2.05, 4.69) is 66.1 Å². The predicted molar refractivity (Wildman–Crippen MR) is 138 cm³/mol. The lowest BCUT2D eigenvalue weighted by Crippen LogP contribution is -2.12. The van der Waals surface area contributed by atoms with Crippen molar-refractivity contribution in [3.05, 3.63) is 111 Å². The molecule has 174 valence electrons. The highest BCUT2D eigenvalue weighted by Crippen LogP contribution is 2.33. The first-order valence-electron chi connectivity index (χ1n) is 11.3. The van der Waals surface area contributed by atoms with Crippen LogP contribution in [-0.2, 0) is 11.8 Å². The maximum atomic E-state index is 11.8.